The molecule has 0 unspecified atom stereocenters. The van der Waals surface area contributed by atoms with Crippen LogP contribution in [0.25, 0.3) is 11.3 Å². The first-order valence-electron chi connectivity index (χ1n) is 14.6. The normalized spacial score (nSPS) is 18.1. The molecule has 194 valence electrons. The number of nitrogens with zero attached hydrogens (tertiary/aromatic N) is 1. The fraction of sp³-hybridized carbons (Fsp3) is 0.656. The quantitative estimate of drug-likeness (QED) is 0.212. The van der Waals surface area contributed by atoms with Crippen LogP contribution in [0.15, 0.2) is 42.6 Å². The van der Waals surface area contributed by atoms with Crippen LogP contribution >= 0.6 is 0 Å². The molecule has 0 spiro atoms. The Hall–Kier alpha value is -1.71. The summed E-state index contributed by atoms with van der Waals surface area (Å²) >= 11 is 0. The van der Waals surface area contributed by atoms with Crippen molar-refractivity contribution in [1.82, 2.24) is 4.98 Å². The number of unbranched alkanes of at least 4 members (excludes halogenated alkanes) is 11. The van der Waals surface area contributed by atoms with Gasteiger partial charge >= 0.3 is 0 Å². The van der Waals surface area contributed by atoms with Gasteiger partial charge in [0.05, 0.1) is 18.9 Å². The van der Waals surface area contributed by atoms with Crippen molar-refractivity contribution in [3.8, 4) is 11.3 Å². The second-order valence-corrected chi connectivity index (χ2v) is 10.5. The maximum atomic E-state index is 6.06. The van der Waals surface area contributed by atoms with E-state index in [1.165, 1.54) is 107 Å². The number of rotatable bonds is 17. The number of aryl methyl sites for hydroxylation is 1. The largest absolute Gasteiger partial charge is 0.348 e. The van der Waals surface area contributed by atoms with E-state index in [1.807, 2.05) is 6.20 Å². The van der Waals surface area contributed by atoms with Crippen molar-refractivity contribution in [1.29, 1.82) is 0 Å². The monoisotopic (exact) mass is 479 g/mol. The van der Waals surface area contributed by atoms with Crippen LogP contribution in [0.2, 0.25) is 0 Å². The summed E-state index contributed by atoms with van der Waals surface area (Å²) in [6, 6.07) is 13.1. The predicted octanol–water partition coefficient (Wildman–Crippen LogP) is 9.45. The van der Waals surface area contributed by atoms with Crippen LogP contribution < -0.4 is 0 Å². The summed E-state index contributed by atoms with van der Waals surface area (Å²) < 4.78 is 12.1. The van der Waals surface area contributed by atoms with E-state index in [9.17, 15) is 0 Å². The van der Waals surface area contributed by atoms with Crippen LogP contribution in [-0.4, -0.2) is 18.2 Å². The first kappa shape index (κ1) is 27.9. The Morgan fingerprint density at radius 2 is 1.29 bits per heavy atom. The predicted molar refractivity (Wildman–Crippen MR) is 147 cm³/mol. The molecule has 0 aliphatic carbocycles. The molecule has 3 heteroatoms. The molecule has 1 aliphatic rings. The third-order valence-electron chi connectivity index (χ3n) is 7.31. The van der Waals surface area contributed by atoms with Gasteiger partial charge in [0.25, 0.3) is 0 Å². The molecule has 0 radical (unpaired) electrons. The van der Waals surface area contributed by atoms with E-state index in [4.69, 9.17) is 14.5 Å². The highest BCUT2D eigenvalue weighted by atomic mass is 16.7. The van der Waals surface area contributed by atoms with Gasteiger partial charge in [0.1, 0.15) is 0 Å². The van der Waals surface area contributed by atoms with Gasteiger partial charge in [-0.1, -0.05) is 121 Å². The smallest absolute Gasteiger partial charge is 0.185 e. The zero-order valence-corrected chi connectivity index (χ0v) is 22.5. The van der Waals surface area contributed by atoms with Crippen LogP contribution in [0, 0.1) is 5.92 Å². The molecule has 35 heavy (non-hydrogen) atoms. The van der Waals surface area contributed by atoms with Crippen LogP contribution in [0.1, 0.15) is 121 Å². The summed E-state index contributed by atoms with van der Waals surface area (Å²) in [5.41, 5.74) is 4.61. The summed E-state index contributed by atoms with van der Waals surface area (Å²) in [6.07, 6.45) is 21.6. The molecule has 1 saturated heterocycles. The number of aromatic nitrogens is 1. The fourth-order valence-electron chi connectivity index (χ4n) is 4.96. The van der Waals surface area contributed by atoms with E-state index in [0.29, 0.717) is 5.92 Å². The number of benzene rings is 1. The van der Waals surface area contributed by atoms with Crippen LogP contribution in [0.4, 0.5) is 0 Å². The van der Waals surface area contributed by atoms with Crippen molar-refractivity contribution in [2.24, 2.45) is 5.92 Å². The molecule has 3 nitrogen and oxygen atoms in total. The molecule has 1 aliphatic heterocycles. The highest BCUT2D eigenvalue weighted by molar-refractivity contribution is 5.59. The molecular formula is C32H49NO2. The highest BCUT2D eigenvalue weighted by Gasteiger charge is 2.23. The lowest BCUT2D eigenvalue weighted by molar-refractivity contribution is -0.206. The molecule has 0 saturated carbocycles. The second kappa shape index (κ2) is 16.9. The molecule has 1 fully saturated rings. The Bertz CT molecular complexity index is 778. The number of ether oxygens (including phenoxy) is 2. The maximum absolute atomic E-state index is 6.06. The van der Waals surface area contributed by atoms with E-state index in [0.717, 1.165) is 24.5 Å². The molecule has 2 aromatic rings. The molecule has 2 heterocycles. The van der Waals surface area contributed by atoms with E-state index < -0.39 is 0 Å². The minimum absolute atomic E-state index is 0.276. The average molecular weight is 480 g/mol. The van der Waals surface area contributed by atoms with Crippen molar-refractivity contribution in [2.45, 2.75) is 116 Å². The minimum atomic E-state index is -0.276. The maximum Gasteiger partial charge on any atom is 0.185 e. The fourth-order valence-corrected chi connectivity index (χ4v) is 4.96. The second-order valence-electron chi connectivity index (χ2n) is 10.5. The van der Waals surface area contributed by atoms with Gasteiger partial charge in [-0.2, -0.15) is 0 Å². The summed E-state index contributed by atoms with van der Waals surface area (Å²) in [5.74, 6) is 0.531. The van der Waals surface area contributed by atoms with E-state index >= 15 is 0 Å². The average Bonchev–Trinajstić information content (AvgIpc) is 2.91. The van der Waals surface area contributed by atoms with Crippen molar-refractivity contribution in [2.75, 3.05) is 13.2 Å². The molecular weight excluding hydrogens is 430 g/mol. The number of hydrogen-bond acceptors (Lipinski definition) is 3. The number of pyridine rings is 1. The summed E-state index contributed by atoms with van der Waals surface area (Å²) in [5, 5.41) is 0. The Labute approximate surface area is 215 Å². The zero-order chi connectivity index (χ0) is 24.6. The lowest BCUT2D eigenvalue weighted by atomic mass is 10.0. The standard InChI is InChI=1S/C32H49NO2/c1-3-5-7-9-10-11-13-15-17-28-25-34-32(35-26-28)30-22-23-31(33-24-30)29-20-18-27(19-21-29)16-14-12-8-6-4-2/h18-24,28,32H,3-17,25-26H2,1-2H3. The SMILES string of the molecule is CCCCCCCCCCC1COC(c2ccc(-c3ccc(CCCCCCC)cc3)nc2)OC1. The zero-order valence-electron chi connectivity index (χ0n) is 22.5. The molecule has 0 N–H and O–H groups in total. The molecule has 1 aromatic carbocycles. The minimum Gasteiger partial charge on any atom is -0.348 e. The molecule has 0 atom stereocenters. The first-order chi connectivity index (χ1) is 17.3. The van der Waals surface area contributed by atoms with Crippen LogP contribution in [0.3, 0.4) is 0 Å². The van der Waals surface area contributed by atoms with Gasteiger partial charge in [0.15, 0.2) is 6.29 Å². The van der Waals surface area contributed by atoms with E-state index in [2.05, 4.69) is 50.2 Å². The summed E-state index contributed by atoms with van der Waals surface area (Å²) in [6.45, 7) is 6.13. The van der Waals surface area contributed by atoms with Crippen LogP contribution in [-0.2, 0) is 15.9 Å². The van der Waals surface area contributed by atoms with Gasteiger partial charge in [-0.3, -0.25) is 4.98 Å². The van der Waals surface area contributed by atoms with Gasteiger partial charge < -0.3 is 9.47 Å². The summed E-state index contributed by atoms with van der Waals surface area (Å²) in [7, 11) is 0. The molecule has 0 amide bonds. The molecule has 1 aromatic heterocycles. The van der Waals surface area contributed by atoms with Crippen molar-refractivity contribution < 1.29 is 9.47 Å². The molecule has 3 rings (SSSR count). The highest BCUT2D eigenvalue weighted by Crippen LogP contribution is 2.28. The lowest BCUT2D eigenvalue weighted by Crippen LogP contribution is -2.27. The topological polar surface area (TPSA) is 31.4 Å². The Balaban J connectivity index is 1.34. The molecule has 0 bridgehead atoms. The number of hydrogen-bond donors (Lipinski definition) is 0. The Morgan fingerprint density at radius 3 is 1.89 bits per heavy atom. The van der Waals surface area contributed by atoms with Crippen molar-refractivity contribution in [3.05, 3.63) is 53.7 Å². The van der Waals surface area contributed by atoms with Crippen LogP contribution in [0.5, 0.6) is 0 Å². The van der Waals surface area contributed by atoms with Crippen molar-refractivity contribution >= 4 is 0 Å². The van der Waals surface area contributed by atoms with Crippen molar-refractivity contribution in [3.63, 3.8) is 0 Å². The first-order valence-corrected chi connectivity index (χ1v) is 14.6. The van der Waals surface area contributed by atoms with Gasteiger partial charge in [0.2, 0.25) is 0 Å². The lowest BCUT2D eigenvalue weighted by Gasteiger charge is -2.29. The van der Waals surface area contributed by atoms with Gasteiger partial charge in [-0.15, -0.1) is 0 Å². The third kappa shape index (κ3) is 10.4. The van der Waals surface area contributed by atoms with E-state index in [-0.39, 0.29) is 6.29 Å². The van der Waals surface area contributed by atoms with Gasteiger partial charge in [-0.05, 0) is 30.9 Å². The van der Waals surface area contributed by atoms with Gasteiger partial charge in [0, 0.05) is 23.2 Å². The van der Waals surface area contributed by atoms with E-state index in [1.54, 1.807) is 0 Å². The Morgan fingerprint density at radius 1 is 0.686 bits per heavy atom. The van der Waals surface area contributed by atoms with Gasteiger partial charge in [-0.25, -0.2) is 0 Å². The summed E-state index contributed by atoms with van der Waals surface area (Å²) in [4.78, 5) is 4.71. The Kier molecular flexibility index (Phi) is 13.4. The third-order valence-corrected chi connectivity index (χ3v) is 7.31.